The fourth-order valence-corrected chi connectivity index (χ4v) is 2.65. The number of nitrogens with zero attached hydrogens (tertiary/aromatic N) is 1. The zero-order valence-electron chi connectivity index (χ0n) is 13.5. The lowest BCUT2D eigenvalue weighted by Gasteiger charge is -2.28. The lowest BCUT2D eigenvalue weighted by atomic mass is 9.81. The third-order valence-electron chi connectivity index (χ3n) is 3.68. The number of allylic oxidation sites excluding steroid dienone is 2. The normalized spacial score (nSPS) is 17.8. The quantitative estimate of drug-likeness (QED) is 0.843. The molecule has 0 saturated carbocycles. The number of esters is 1. The summed E-state index contributed by atoms with van der Waals surface area (Å²) in [5.74, 6) is -2.59. The number of alkyl halides is 3. The van der Waals surface area contributed by atoms with E-state index in [1.807, 2.05) is 6.07 Å². The largest absolute Gasteiger partial charge is 0.462 e. The molecule has 0 amide bonds. The first-order valence-corrected chi connectivity index (χ1v) is 7.33. The zero-order chi connectivity index (χ0) is 18.8. The fraction of sp³-hybridized carbons (Fsp3) is 0.294. The molecule has 1 aromatic carbocycles. The van der Waals surface area contributed by atoms with E-state index in [0.717, 1.165) is 6.07 Å². The molecule has 0 bridgehead atoms. The molecule has 1 aliphatic heterocycles. The summed E-state index contributed by atoms with van der Waals surface area (Å²) >= 11 is 0. The van der Waals surface area contributed by atoms with Gasteiger partial charge in [0.1, 0.15) is 11.3 Å². The zero-order valence-corrected chi connectivity index (χ0v) is 13.5. The molecule has 25 heavy (non-hydrogen) atoms. The van der Waals surface area contributed by atoms with Gasteiger partial charge in [-0.05, 0) is 25.5 Å². The number of carbonyl (C=O) groups excluding carboxylic acids is 1. The molecule has 8 heteroatoms. The number of benzene rings is 1. The van der Waals surface area contributed by atoms with Crippen molar-refractivity contribution in [2.45, 2.75) is 25.9 Å². The molecule has 0 aliphatic carbocycles. The molecule has 1 heterocycles. The Morgan fingerprint density at radius 1 is 1.40 bits per heavy atom. The second-order valence-corrected chi connectivity index (χ2v) is 5.20. The molecule has 1 atom stereocenters. The summed E-state index contributed by atoms with van der Waals surface area (Å²) in [5, 5.41) is 9.42. The van der Waals surface area contributed by atoms with Crippen molar-refractivity contribution in [1.29, 1.82) is 5.26 Å². The van der Waals surface area contributed by atoms with Gasteiger partial charge in [-0.15, -0.1) is 0 Å². The van der Waals surface area contributed by atoms with Crippen molar-refractivity contribution in [3.63, 3.8) is 0 Å². The van der Waals surface area contributed by atoms with Gasteiger partial charge < -0.3 is 15.2 Å². The molecular weight excluding hydrogens is 337 g/mol. The van der Waals surface area contributed by atoms with E-state index in [1.54, 1.807) is 6.92 Å². The van der Waals surface area contributed by atoms with Crippen molar-refractivity contribution in [3.05, 3.63) is 58.2 Å². The Labute approximate surface area is 142 Å². The Hall–Kier alpha value is -2.95. The van der Waals surface area contributed by atoms with Gasteiger partial charge >= 0.3 is 12.1 Å². The number of ether oxygens (including phenoxy) is 2. The Kier molecular flexibility index (Phi) is 5.07. The molecule has 1 unspecified atom stereocenters. The van der Waals surface area contributed by atoms with Crippen molar-refractivity contribution in [1.82, 2.24) is 0 Å². The van der Waals surface area contributed by atoms with Gasteiger partial charge in [-0.3, -0.25) is 0 Å². The van der Waals surface area contributed by atoms with Gasteiger partial charge in [-0.2, -0.15) is 18.4 Å². The van der Waals surface area contributed by atoms with Crippen LogP contribution in [0.25, 0.3) is 0 Å². The average molecular weight is 352 g/mol. The van der Waals surface area contributed by atoms with E-state index in [4.69, 9.17) is 15.2 Å². The smallest absolute Gasteiger partial charge is 0.416 e. The van der Waals surface area contributed by atoms with Crippen LogP contribution in [-0.4, -0.2) is 12.6 Å². The van der Waals surface area contributed by atoms with Crippen LogP contribution in [0.15, 0.2) is 47.1 Å². The Morgan fingerprint density at radius 2 is 2.04 bits per heavy atom. The van der Waals surface area contributed by atoms with Crippen molar-refractivity contribution in [2.75, 3.05) is 6.61 Å². The third-order valence-corrected chi connectivity index (χ3v) is 3.68. The third kappa shape index (κ3) is 3.45. The SMILES string of the molecule is CCOC(=O)C1=C(N)OC(C)=C(C#N)C1c1ccccc1C(F)(F)F. The van der Waals surface area contributed by atoms with E-state index in [2.05, 4.69) is 0 Å². The minimum absolute atomic E-state index is 0.00612. The first-order chi connectivity index (χ1) is 11.7. The first-order valence-electron chi connectivity index (χ1n) is 7.33. The minimum atomic E-state index is -4.67. The monoisotopic (exact) mass is 352 g/mol. The molecule has 5 nitrogen and oxygen atoms in total. The van der Waals surface area contributed by atoms with Crippen LogP contribution in [0.4, 0.5) is 13.2 Å². The maximum absolute atomic E-state index is 13.4. The summed E-state index contributed by atoms with van der Waals surface area (Å²) in [6.07, 6.45) is -4.67. The number of nitriles is 1. The van der Waals surface area contributed by atoms with E-state index in [9.17, 15) is 23.2 Å². The molecule has 132 valence electrons. The topological polar surface area (TPSA) is 85.3 Å². The van der Waals surface area contributed by atoms with Gasteiger partial charge in [-0.1, -0.05) is 18.2 Å². The highest BCUT2D eigenvalue weighted by Crippen LogP contribution is 2.44. The highest BCUT2D eigenvalue weighted by atomic mass is 19.4. The van der Waals surface area contributed by atoms with E-state index in [0.29, 0.717) is 0 Å². The standard InChI is InChI=1S/C17H15F3N2O3/c1-3-24-16(23)14-13(11(8-21)9(2)25-15(14)22)10-6-4-5-7-12(10)17(18,19)20/h4-7,13H,3,22H2,1-2H3. The molecule has 0 fully saturated rings. The first kappa shape index (κ1) is 18.4. The van der Waals surface area contributed by atoms with Crippen molar-refractivity contribution in [2.24, 2.45) is 5.73 Å². The van der Waals surface area contributed by atoms with Crippen LogP contribution in [-0.2, 0) is 20.4 Å². The van der Waals surface area contributed by atoms with Crippen LogP contribution < -0.4 is 5.73 Å². The second kappa shape index (κ2) is 6.89. The summed E-state index contributed by atoms with van der Waals surface area (Å²) in [7, 11) is 0. The average Bonchev–Trinajstić information content (AvgIpc) is 2.53. The van der Waals surface area contributed by atoms with E-state index >= 15 is 0 Å². The molecule has 0 spiro atoms. The van der Waals surface area contributed by atoms with Gasteiger partial charge in [0, 0.05) is 0 Å². The number of carbonyl (C=O) groups is 1. The summed E-state index contributed by atoms with van der Waals surface area (Å²) < 4.78 is 50.3. The van der Waals surface area contributed by atoms with Crippen LogP contribution >= 0.6 is 0 Å². The van der Waals surface area contributed by atoms with Crippen LogP contribution in [0.1, 0.15) is 30.9 Å². The highest BCUT2D eigenvalue weighted by Gasteiger charge is 2.42. The Bertz CT molecular complexity index is 804. The number of hydrogen-bond acceptors (Lipinski definition) is 5. The lowest BCUT2D eigenvalue weighted by molar-refractivity contribution is -0.140. The summed E-state index contributed by atoms with van der Waals surface area (Å²) in [4.78, 5) is 12.3. The van der Waals surface area contributed by atoms with E-state index in [-0.39, 0.29) is 35.0 Å². The van der Waals surface area contributed by atoms with Crippen molar-refractivity contribution in [3.8, 4) is 6.07 Å². The predicted octanol–water partition coefficient (Wildman–Crippen LogP) is 3.35. The molecule has 2 rings (SSSR count). The van der Waals surface area contributed by atoms with Crippen molar-refractivity contribution < 1.29 is 27.4 Å². The van der Waals surface area contributed by atoms with Gasteiger partial charge in [0.2, 0.25) is 5.88 Å². The Morgan fingerprint density at radius 3 is 2.60 bits per heavy atom. The molecular formula is C17H15F3N2O3. The molecule has 0 aromatic heterocycles. The van der Waals surface area contributed by atoms with Gasteiger partial charge in [0.05, 0.1) is 29.7 Å². The molecule has 1 aromatic rings. The molecule has 2 N–H and O–H groups in total. The number of rotatable bonds is 3. The number of halogens is 3. The number of hydrogen-bond donors (Lipinski definition) is 1. The summed E-state index contributed by atoms with van der Waals surface area (Å²) in [6.45, 7) is 2.94. The fourth-order valence-electron chi connectivity index (χ4n) is 2.65. The lowest BCUT2D eigenvalue weighted by Crippen LogP contribution is -2.27. The van der Waals surface area contributed by atoms with E-state index < -0.39 is 23.6 Å². The predicted molar refractivity (Wildman–Crippen MR) is 81.4 cm³/mol. The van der Waals surface area contributed by atoms with Gasteiger partial charge in [0.25, 0.3) is 0 Å². The van der Waals surface area contributed by atoms with Crippen LogP contribution in [0.5, 0.6) is 0 Å². The van der Waals surface area contributed by atoms with Crippen LogP contribution in [0.3, 0.4) is 0 Å². The van der Waals surface area contributed by atoms with E-state index in [1.165, 1.54) is 25.1 Å². The highest BCUT2D eigenvalue weighted by molar-refractivity contribution is 5.92. The second-order valence-electron chi connectivity index (χ2n) is 5.20. The molecule has 0 radical (unpaired) electrons. The number of nitrogens with two attached hydrogens (primary N) is 1. The van der Waals surface area contributed by atoms with Gasteiger partial charge in [0.15, 0.2) is 0 Å². The molecule has 0 saturated heterocycles. The van der Waals surface area contributed by atoms with Crippen LogP contribution in [0.2, 0.25) is 0 Å². The maximum Gasteiger partial charge on any atom is 0.416 e. The minimum Gasteiger partial charge on any atom is -0.462 e. The summed E-state index contributed by atoms with van der Waals surface area (Å²) in [6, 6.07) is 6.53. The van der Waals surface area contributed by atoms with Crippen LogP contribution in [0, 0.1) is 11.3 Å². The Balaban J connectivity index is 2.75. The van der Waals surface area contributed by atoms with Gasteiger partial charge in [-0.25, -0.2) is 4.79 Å². The summed E-state index contributed by atoms with van der Waals surface area (Å²) in [5.41, 5.74) is 4.06. The van der Waals surface area contributed by atoms with Crippen molar-refractivity contribution >= 4 is 5.97 Å². The maximum atomic E-state index is 13.4. The molecule has 1 aliphatic rings.